The van der Waals surface area contributed by atoms with E-state index in [1.165, 1.54) is 12.1 Å². The van der Waals surface area contributed by atoms with Crippen molar-refractivity contribution in [2.75, 3.05) is 10.9 Å². The molecule has 3 rings (SSSR count). The number of aryl methyl sites for hydroxylation is 1. The topological polar surface area (TPSA) is 63.7 Å². The first kappa shape index (κ1) is 19.5. The zero-order chi connectivity index (χ0) is 19.8. The van der Waals surface area contributed by atoms with Gasteiger partial charge in [-0.2, -0.15) is 0 Å². The van der Waals surface area contributed by atoms with E-state index in [0.29, 0.717) is 16.3 Å². The predicted octanol–water partition coefficient (Wildman–Crippen LogP) is 4.06. The fourth-order valence-electron chi connectivity index (χ4n) is 3.28. The highest BCUT2D eigenvalue weighted by Crippen LogP contribution is 2.46. The quantitative estimate of drug-likeness (QED) is 0.556. The van der Waals surface area contributed by atoms with E-state index in [4.69, 9.17) is 16.3 Å². The molecule has 0 N–H and O–H groups in total. The van der Waals surface area contributed by atoms with Gasteiger partial charge in [0, 0.05) is 10.9 Å². The second-order valence-electron chi connectivity index (χ2n) is 6.28. The molecule has 2 aromatic rings. The Morgan fingerprint density at radius 1 is 1.26 bits per heavy atom. The molecule has 0 bridgehead atoms. The van der Waals surface area contributed by atoms with Gasteiger partial charge in [0.05, 0.1) is 17.2 Å². The van der Waals surface area contributed by atoms with Gasteiger partial charge in [-0.1, -0.05) is 41.4 Å². The van der Waals surface area contributed by atoms with Crippen LogP contribution in [-0.4, -0.2) is 27.0 Å². The van der Waals surface area contributed by atoms with Crippen LogP contribution in [0.15, 0.2) is 60.0 Å². The predicted molar refractivity (Wildman–Crippen MR) is 106 cm³/mol. The van der Waals surface area contributed by atoms with Crippen LogP contribution in [0.1, 0.15) is 24.0 Å². The van der Waals surface area contributed by atoms with Crippen molar-refractivity contribution in [2.24, 2.45) is 0 Å². The third kappa shape index (κ3) is 3.35. The molecular weight excluding hydrogens is 386 g/mol. The Morgan fingerprint density at radius 3 is 2.52 bits per heavy atom. The molecule has 7 heteroatoms. The summed E-state index contributed by atoms with van der Waals surface area (Å²) in [6.45, 7) is 7.49. The average molecular weight is 406 g/mol. The van der Waals surface area contributed by atoms with Crippen molar-refractivity contribution < 1.29 is 17.9 Å². The summed E-state index contributed by atoms with van der Waals surface area (Å²) in [5, 5.41) is 0.380. The van der Waals surface area contributed by atoms with Gasteiger partial charge in [0.15, 0.2) is 6.04 Å². The molecule has 1 heterocycles. The van der Waals surface area contributed by atoms with Crippen molar-refractivity contribution in [3.8, 4) is 0 Å². The zero-order valence-corrected chi connectivity index (χ0v) is 16.6. The number of fused-ring (bicyclic) bond motifs is 1. The Kier molecular flexibility index (Phi) is 5.31. The minimum absolute atomic E-state index is 0.0954. The normalized spacial score (nSPS) is 18.9. The number of carbonyl (C=O) groups is 1. The number of esters is 1. The van der Waals surface area contributed by atoms with E-state index >= 15 is 0 Å². The van der Waals surface area contributed by atoms with E-state index in [1.54, 1.807) is 43.3 Å². The number of sulfonamides is 1. The minimum Gasteiger partial charge on any atom is -0.464 e. The molecule has 2 atom stereocenters. The molecule has 0 saturated heterocycles. The van der Waals surface area contributed by atoms with Crippen LogP contribution in [0.25, 0.3) is 0 Å². The third-order valence-corrected chi connectivity index (χ3v) is 6.59. The number of nitrogens with zero attached hydrogens (tertiary/aromatic N) is 1. The lowest BCUT2D eigenvalue weighted by molar-refractivity contribution is -0.144. The van der Waals surface area contributed by atoms with Gasteiger partial charge < -0.3 is 4.74 Å². The van der Waals surface area contributed by atoms with Gasteiger partial charge in [0.1, 0.15) is 0 Å². The highest BCUT2D eigenvalue weighted by atomic mass is 35.5. The van der Waals surface area contributed by atoms with E-state index < -0.39 is 28.0 Å². The van der Waals surface area contributed by atoms with Crippen LogP contribution in [0.3, 0.4) is 0 Å². The molecule has 0 fully saturated rings. The smallest absolute Gasteiger partial charge is 0.330 e. The number of rotatable bonds is 5. The summed E-state index contributed by atoms with van der Waals surface area (Å²) in [5.41, 5.74) is 1.97. The summed E-state index contributed by atoms with van der Waals surface area (Å²) in [6.07, 6.45) is 1.57. The highest BCUT2D eigenvalue weighted by Gasteiger charge is 2.48. The van der Waals surface area contributed by atoms with E-state index in [9.17, 15) is 13.2 Å². The second kappa shape index (κ2) is 7.37. The largest absolute Gasteiger partial charge is 0.464 e. The lowest BCUT2D eigenvalue weighted by Gasteiger charge is -2.27. The summed E-state index contributed by atoms with van der Waals surface area (Å²) in [7, 11) is -4.02. The van der Waals surface area contributed by atoms with Gasteiger partial charge in [-0.15, -0.1) is 6.58 Å². The summed E-state index contributed by atoms with van der Waals surface area (Å²) in [6, 6.07) is 10.4. The molecule has 0 radical (unpaired) electrons. The molecule has 0 aromatic heterocycles. The number of anilines is 1. The first-order chi connectivity index (χ1) is 12.8. The van der Waals surface area contributed by atoms with Gasteiger partial charge in [-0.25, -0.2) is 13.2 Å². The maximum Gasteiger partial charge on any atom is 0.330 e. The Labute approximate surface area is 164 Å². The van der Waals surface area contributed by atoms with E-state index in [2.05, 4.69) is 6.58 Å². The number of hydrogen-bond donors (Lipinski definition) is 0. The van der Waals surface area contributed by atoms with E-state index in [-0.39, 0.29) is 11.5 Å². The monoisotopic (exact) mass is 405 g/mol. The minimum atomic E-state index is -4.02. The number of carbonyl (C=O) groups excluding carboxylic acids is 1. The van der Waals surface area contributed by atoms with Gasteiger partial charge in [-0.05, 0) is 43.7 Å². The molecule has 2 unspecified atom stereocenters. The molecule has 2 aromatic carbocycles. The van der Waals surface area contributed by atoms with Crippen LogP contribution in [0.2, 0.25) is 5.02 Å². The molecular formula is C20H20ClNO4S. The van der Waals surface area contributed by atoms with Crippen LogP contribution in [0.5, 0.6) is 0 Å². The Balaban J connectivity index is 2.22. The second-order valence-corrected chi connectivity index (χ2v) is 8.53. The molecule has 1 aliphatic rings. The number of ether oxygens (including phenoxy) is 1. The van der Waals surface area contributed by atoms with Crippen molar-refractivity contribution in [1.29, 1.82) is 0 Å². The Bertz CT molecular complexity index is 986. The number of benzene rings is 2. The molecule has 142 valence electrons. The lowest BCUT2D eigenvalue weighted by Crippen LogP contribution is -2.45. The molecule has 27 heavy (non-hydrogen) atoms. The van der Waals surface area contributed by atoms with E-state index in [0.717, 1.165) is 9.87 Å². The molecule has 0 aliphatic carbocycles. The van der Waals surface area contributed by atoms with Crippen LogP contribution in [-0.2, 0) is 19.6 Å². The molecule has 0 saturated carbocycles. The molecule has 5 nitrogen and oxygen atoms in total. The van der Waals surface area contributed by atoms with Gasteiger partial charge in [0.25, 0.3) is 10.0 Å². The van der Waals surface area contributed by atoms with Gasteiger partial charge in [-0.3, -0.25) is 4.31 Å². The average Bonchev–Trinajstić information content (AvgIpc) is 2.96. The molecule has 0 spiro atoms. The SMILES string of the molecule is C=CC1c2ccc(Cl)cc2N(S(=O)(=O)c2ccc(C)cc2)C1C(=O)OCC. The maximum atomic E-state index is 13.4. The van der Waals surface area contributed by atoms with Crippen LogP contribution < -0.4 is 4.31 Å². The summed E-state index contributed by atoms with van der Waals surface area (Å²) in [5.74, 6) is -1.15. The zero-order valence-electron chi connectivity index (χ0n) is 15.1. The van der Waals surface area contributed by atoms with Crippen molar-refractivity contribution in [3.05, 3.63) is 71.3 Å². The van der Waals surface area contributed by atoms with Crippen LogP contribution >= 0.6 is 11.6 Å². The van der Waals surface area contributed by atoms with E-state index in [1.807, 2.05) is 6.92 Å². The third-order valence-electron chi connectivity index (χ3n) is 4.54. The first-order valence-corrected chi connectivity index (χ1v) is 10.3. The van der Waals surface area contributed by atoms with Crippen LogP contribution in [0, 0.1) is 6.92 Å². The standard InChI is InChI=1S/C20H20ClNO4S/c1-4-16-17-11-8-14(21)12-18(17)22(19(16)20(23)26-5-2)27(24,25)15-9-6-13(3)7-10-15/h4,6-12,16,19H,1,5H2,2-3H3. The Hall–Kier alpha value is -2.31. The lowest BCUT2D eigenvalue weighted by atomic mass is 9.95. The summed E-state index contributed by atoms with van der Waals surface area (Å²) in [4.78, 5) is 12.8. The van der Waals surface area contributed by atoms with Gasteiger partial charge >= 0.3 is 5.97 Å². The fourth-order valence-corrected chi connectivity index (χ4v) is 5.09. The highest BCUT2D eigenvalue weighted by molar-refractivity contribution is 7.93. The number of halogens is 1. The van der Waals surface area contributed by atoms with Crippen molar-refractivity contribution >= 4 is 33.3 Å². The summed E-state index contributed by atoms with van der Waals surface area (Å²) >= 11 is 6.12. The van der Waals surface area contributed by atoms with Crippen LogP contribution in [0.4, 0.5) is 5.69 Å². The Morgan fingerprint density at radius 2 is 1.93 bits per heavy atom. The first-order valence-electron chi connectivity index (χ1n) is 8.51. The number of hydrogen-bond acceptors (Lipinski definition) is 4. The summed E-state index contributed by atoms with van der Waals surface area (Å²) < 4.78 is 33.2. The molecule has 1 aliphatic heterocycles. The fraction of sp³-hybridized carbons (Fsp3) is 0.250. The van der Waals surface area contributed by atoms with Crippen molar-refractivity contribution in [2.45, 2.75) is 30.7 Å². The molecule has 0 amide bonds. The maximum absolute atomic E-state index is 13.4. The van der Waals surface area contributed by atoms with Crippen molar-refractivity contribution in [3.63, 3.8) is 0 Å². The van der Waals surface area contributed by atoms with Crippen molar-refractivity contribution in [1.82, 2.24) is 0 Å². The van der Waals surface area contributed by atoms with Gasteiger partial charge in [0.2, 0.25) is 0 Å².